The molecule has 1 fully saturated rings. The lowest BCUT2D eigenvalue weighted by atomic mass is 10.4. The summed E-state index contributed by atoms with van der Waals surface area (Å²) < 4.78 is 20.5. The highest BCUT2D eigenvalue weighted by molar-refractivity contribution is 7.90. The standard InChI is InChI=1S/C7H13N3O3S/c1-5(2)14(8,13)10-3-6(11)9-7(12)4-10/h5,8H,3-4H2,1-2H3,(H,9,11,12). The van der Waals surface area contributed by atoms with Crippen LogP contribution in [0.2, 0.25) is 0 Å². The maximum Gasteiger partial charge on any atom is 0.241 e. The molecular formula is C7H13N3O3S. The number of carbonyl (C=O) groups is 2. The molecule has 6 nitrogen and oxygen atoms in total. The monoisotopic (exact) mass is 219 g/mol. The van der Waals surface area contributed by atoms with Crippen LogP contribution in [0.25, 0.3) is 0 Å². The first-order chi connectivity index (χ1) is 6.34. The van der Waals surface area contributed by atoms with Gasteiger partial charge in [-0.25, -0.2) is 8.99 Å². The number of hydrogen-bond acceptors (Lipinski definition) is 4. The Morgan fingerprint density at radius 3 is 2.14 bits per heavy atom. The molecule has 14 heavy (non-hydrogen) atoms. The van der Waals surface area contributed by atoms with Crippen molar-refractivity contribution in [1.82, 2.24) is 9.62 Å². The first kappa shape index (κ1) is 11.1. The van der Waals surface area contributed by atoms with Crippen molar-refractivity contribution in [2.45, 2.75) is 19.1 Å². The molecule has 1 atom stereocenters. The van der Waals surface area contributed by atoms with E-state index in [9.17, 15) is 13.8 Å². The zero-order valence-corrected chi connectivity index (χ0v) is 8.89. The van der Waals surface area contributed by atoms with Crippen molar-refractivity contribution in [3.05, 3.63) is 0 Å². The Balaban J connectivity index is 2.89. The second-order valence-corrected chi connectivity index (χ2v) is 5.98. The lowest BCUT2D eigenvalue weighted by molar-refractivity contribution is -0.133. The molecule has 0 bridgehead atoms. The zero-order valence-electron chi connectivity index (χ0n) is 8.07. The Morgan fingerprint density at radius 2 is 1.79 bits per heavy atom. The number of hydrogen-bond donors (Lipinski definition) is 2. The molecule has 1 unspecified atom stereocenters. The van der Waals surface area contributed by atoms with Crippen LogP contribution in [0.5, 0.6) is 0 Å². The molecule has 0 aromatic heterocycles. The highest BCUT2D eigenvalue weighted by Gasteiger charge is 2.30. The summed E-state index contributed by atoms with van der Waals surface area (Å²) in [4.78, 5) is 21.9. The lowest BCUT2D eigenvalue weighted by Crippen LogP contribution is -2.54. The predicted molar refractivity (Wildman–Crippen MR) is 50.7 cm³/mol. The predicted octanol–water partition coefficient (Wildman–Crippen LogP) is -0.685. The summed E-state index contributed by atoms with van der Waals surface area (Å²) in [6.45, 7) is 2.97. The van der Waals surface area contributed by atoms with E-state index in [0.717, 1.165) is 4.31 Å². The molecule has 0 spiro atoms. The number of rotatable bonds is 2. The summed E-state index contributed by atoms with van der Waals surface area (Å²) in [6, 6.07) is 0. The second kappa shape index (κ2) is 3.66. The second-order valence-electron chi connectivity index (χ2n) is 3.39. The molecule has 0 aromatic carbocycles. The fraction of sp³-hybridized carbons (Fsp3) is 0.714. The third-order valence-corrected chi connectivity index (χ3v) is 4.24. The molecule has 1 aliphatic heterocycles. The van der Waals surface area contributed by atoms with E-state index in [0.29, 0.717) is 0 Å². The lowest BCUT2D eigenvalue weighted by Gasteiger charge is -2.28. The minimum atomic E-state index is -3.01. The maximum atomic E-state index is 11.8. The number of amides is 2. The van der Waals surface area contributed by atoms with E-state index in [1.54, 1.807) is 13.8 Å². The Morgan fingerprint density at radius 1 is 1.36 bits per heavy atom. The van der Waals surface area contributed by atoms with Crippen molar-refractivity contribution in [3.63, 3.8) is 0 Å². The van der Waals surface area contributed by atoms with Crippen LogP contribution in [0, 0.1) is 4.78 Å². The number of nitrogens with one attached hydrogen (secondary N) is 2. The van der Waals surface area contributed by atoms with E-state index in [-0.39, 0.29) is 13.1 Å². The number of imide groups is 1. The molecule has 0 aromatic rings. The molecule has 7 heteroatoms. The molecule has 0 saturated carbocycles. The van der Waals surface area contributed by atoms with Gasteiger partial charge in [0.2, 0.25) is 11.8 Å². The fourth-order valence-corrected chi connectivity index (χ4v) is 2.32. The summed E-state index contributed by atoms with van der Waals surface area (Å²) in [5, 5.41) is 1.69. The van der Waals surface area contributed by atoms with E-state index >= 15 is 0 Å². The average molecular weight is 219 g/mol. The van der Waals surface area contributed by atoms with Crippen LogP contribution >= 0.6 is 0 Å². The average Bonchev–Trinajstić information content (AvgIpc) is 2.01. The molecule has 1 rings (SSSR count). The Hall–Kier alpha value is -0.950. The van der Waals surface area contributed by atoms with Gasteiger partial charge in [0.25, 0.3) is 0 Å². The quantitative estimate of drug-likeness (QED) is 0.602. The largest absolute Gasteiger partial charge is 0.294 e. The highest BCUT2D eigenvalue weighted by atomic mass is 32.2. The minimum Gasteiger partial charge on any atom is -0.294 e. The fourth-order valence-electron chi connectivity index (χ4n) is 1.10. The summed E-state index contributed by atoms with van der Waals surface area (Å²) in [5.41, 5.74) is 0. The van der Waals surface area contributed by atoms with Crippen molar-refractivity contribution >= 4 is 21.7 Å². The molecule has 0 aliphatic carbocycles. The van der Waals surface area contributed by atoms with Gasteiger partial charge >= 0.3 is 0 Å². The molecule has 1 heterocycles. The molecule has 2 N–H and O–H groups in total. The van der Waals surface area contributed by atoms with Gasteiger partial charge in [-0.2, -0.15) is 4.31 Å². The smallest absolute Gasteiger partial charge is 0.241 e. The van der Waals surface area contributed by atoms with Crippen molar-refractivity contribution in [2.24, 2.45) is 0 Å². The number of piperazine rings is 1. The van der Waals surface area contributed by atoms with Gasteiger partial charge in [-0.05, 0) is 13.8 Å². The topological polar surface area (TPSA) is 90.3 Å². The molecule has 1 saturated heterocycles. The van der Waals surface area contributed by atoms with E-state index in [1.807, 2.05) is 0 Å². The van der Waals surface area contributed by atoms with Gasteiger partial charge in [-0.15, -0.1) is 0 Å². The third kappa shape index (κ3) is 2.10. The third-order valence-electron chi connectivity index (χ3n) is 1.94. The summed E-state index contributed by atoms with van der Waals surface area (Å²) in [7, 11) is -3.01. The van der Waals surface area contributed by atoms with E-state index in [4.69, 9.17) is 4.78 Å². The van der Waals surface area contributed by atoms with Crippen molar-refractivity contribution in [1.29, 1.82) is 4.78 Å². The van der Waals surface area contributed by atoms with Crippen LogP contribution in [0.15, 0.2) is 0 Å². The van der Waals surface area contributed by atoms with Crippen LogP contribution in [0.4, 0.5) is 0 Å². The maximum absolute atomic E-state index is 11.8. The van der Waals surface area contributed by atoms with Crippen LogP contribution in [-0.2, 0) is 19.5 Å². The minimum absolute atomic E-state index is 0.147. The van der Waals surface area contributed by atoms with E-state index in [1.165, 1.54) is 0 Å². The Bertz CT molecular complexity index is 344. The van der Waals surface area contributed by atoms with Crippen molar-refractivity contribution < 1.29 is 13.8 Å². The van der Waals surface area contributed by atoms with Gasteiger partial charge < -0.3 is 0 Å². The molecule has 2 amide bonds. The summed E-state index contributed by atoms with van der Waals surface area (Å²) >= 11 is 0. The van der Waals surface area contributed by atoms with Crippen LogP contribution in [-0.4, -0.2) is 38.7 Å². The highest BCUT2D eigenvalue weighted by Crippen LogP contribution is 2.10. The SMILES string of the molecule is CC(C)S(=N)(=O)N1CC(=O)NC(=O)C1. The van der Waals surface area contributed by atoms with Gasteiger partial charge in [0.05, 0.1) is 18.3 Å². The van der Waals surface area contributed by atoms with E-state index in [2.05, 4.69) is 5.32 Å². The summed E-state index contributed by atoms with van der Waals surface area (Å²) in [6.07, 6.45) is 0. The summed E-state index contributed by atoms with van der Waals surface area (Å²) in [5.74, 6) is -0.997. The van der Waals surface area contributed by atoms with Gasteiger partial charge in [0, 0.05) is 0 Å². The molecule has 0 radical (unpaired) electrons. The first-order valence-corrected chi connectivity index (χ1v) is 5.77. The number of carbonyl (C=O) groups excluding carboxylic acids is 2. The van der Waals surface area contributed by atoms with Crippen molar-refractivity contribution in [3.8, 4) is 0 Å². The van der Waals surface area contributed by atoms with Crippen LogP contribution in [0.1, 0.15) is 13.8 Å². The van der Waals surface area contributed by atoms with E-state index < -0.39 is 27.0 Å². The van der Waals surface area contributed by atoms with Gasteiger partial charge in [-0.1, -0.05) is 0 Å². The van der Waals surface area contributed by atoms with Crippen LogP contribution in [0.3, 0.4) is 0 Å². The van der Waals surface area contributed by atoms with Gasteiger partial charge in [-0.3, -0.25) is 14.9 Å². The Labute approximate surface area is 82.8 Å². The first-order valence-electron chi connectivity index (χ1n) is 4.19. The molecule has 1 aliphatic rings. The van der Waals surface area contributed by atoms with Crippen LogP contribution < -0.4 is 5.32 Å². The normalized spacial score (nSPS) is 23.4. The molecule has 80 valence electrons. The van der Waals surface area contributed by atoms with Gasteiger partial charge in [0.15, 0.2) is 0 Å². The molecular weight excluding hydrogens is 206 g/mol. The van der Waals surface area contributed by atoms with Gasteiger partial charge in [0.1, 0.15) is 9.92 Å². The number of nitrogens with zero attached hydrogens (tertiary/aromatic N) is 1. The van der Waals surface area contributed by atoms with Crippen molar-refractivity contribution in [2.75, 3.05) is 13.1 Å². The Kier molecular flexibility index (Phi) is 2.91. The zero-order chi connectivity index (χ0) is 10.9.